The topological polar surface area (TPSA) is 44.9 Å². The molecular weight excluding hydrogens is 364 g/mol. The molecule has 5 nitrogen and oxygen atoms in total. The minimum absolute atomic E-state index is 0.0596. The van der Waals surface area contributed by atoms with Crippen molar-refractivity contribution in [3.05, 3.63) is 54.1 Å². The van der Waals surface area contributed by atoms with Gasteiger partial charge in [-0.15, -0.1) is 0 Å². The molecule has 0 aliphatic carbocycles. The summed E-state index contributed by atoms with van der Waals surface area (Å²) in [5.41, 5.74) is 0.713. The van der Waals surface area contributed by atoms with Crippen LogP contribution in [0.3, 0.4) is 0 Å². The largest absolute Gasteiger partial charge is 0.497 e. The van der Waals surface area contributed by atoms with E-state index in [0.717, 1.165) is 48.6 Å². The van der Waals surface area contributed by atoms with E-state index in [1.54, 1.807) is 7.11 Å². The summed E-state index contributed by atoms with van der Waals surface area (Å²) in [6, 6.07) is 15.8. The van der Waals surface area contributed by atoms with Gasteiger partial charge in [0.25, 0.3) is 11.6 Å². The SMILES string of the molecule is CCOc1ccc([C@]2(O)[C@@H](C)[N+]3=C(CCCCC3)N2c2ccc(OC)cc2)cc1. The van der Waals surface area contributed by atoms with Crippen LogP contribution in [0.1, 0.15) is 45.1 Å². The van der Waals surface area contributed by atoms with Crippen molar-refractivity contribution in [2.75, 3.05) is 25.2 Å². The summed E-state index contributed by atoms with van der Waals surface area (Å²) in [6.07, 6.45) is 4.49. The average molecular weight is 396 g/mol. The second kappa shape index (κ2) is 8.07. The Balaban J connectivity index is 1.81. The lowest BCUT2D eigenvalue weighted by Crippen LogP contribution is -2.51. The maximum Gasteiger partial charge on any atom is 0.278 e. The molecule has 2 aromatic rings. The number of amidine groups is 1. The molecule has 0 radical (unpaired) electrons. The lowest BCUT2D eigenvalue weighted by Gasteiger charge is -2.32. The zero-order valence-corrected chi connectivity index (χ0v) is 17.6. The molecular formula is C24H31N2O3+. The summed E-state index contributed by atoms with van der Waals surface area (Å²) in [4.78, 5) is 2.14. The maximum absolute atomic E-state index is 12.2. The van der Waals surface area contributed by atoms with Crippen molar-refractivity contribution in [2.24, 2.45) is 0 Å². The molecule has 2 atom stereocenters. The van der Waals surface area contributed by atoms with E-state index in [4.69, 9.17) is 9.47 Å². The van der Waals surface area contributed by atoms with Crippen LogP contribution in [0, 0.1) is 0 Å². The molecule has 0 unspecified atom stereocenters. The Labute approximate surface area is 173 Å². The number of nitrogens with zero attached hydrogens (tertiary/aromatic N) is 2. The Morgan fingerprint density at radius 3 is 2.38 bits per heavy atom. The third kappa shape index (κ3) is 3.38. The second-order valence-corrected chi connectivity index (χ2v) is 7.81. The molecule has 0 fully saturated rings. The summed E-state index contributed by atoms with van der Waals surface area (Å²) >= 11 is 0. The Bertz CT molecular complexity index is 876. The van der Waals surface area contributed by atoms with E-state index >= 15 is 0 Å². The fourth-order valence-corrected chi connectivity index (χ4v) is 4.68. The molecule has 0 saturated heterocycles. The highest BCUT2D eigenvalue weighted by atomic mass is 16.5. The molecule has 0 aromatic heterocycles. The van der Waals surface area contributed by atoms with Crippen LogP contribution in [0.15, 0.2) is 48.5 Å². The number of methoxy groups -OCH3 is 1. The summed E-state index contributed by atoms with van der Waals surface area (Å²) in [6.45, 7) is 5.71. The molecule has 2 aromatic carbocycles. The maximum atomic E-state index is 12.2. The van der Waals surface area contributed by atoms with Gasteiger partial charge in [0.15, 0.2) is 6.04 Å². The van der Waals surface area contributed by atoms with Crippen molar-refractivity contribution >= 4 is 11.5 Å². The molecule has 29 heavy (non-hydrogen) atoms. The first-order valence-electron chi connectivity index (χ1n) is 10.6. The fourth-order valence-electron chi connectivity index (χ4n) is 4.68. The average Bonchev–Trinajstić information content (AvgIpc) is 2.89. The molecule has 4 rings (SSSR count). The minimum Gasteiger partial charge on any atom is -0.497 e. The summed E-state index contributed by atoms with van der Waals surface area (Å²) in [7, 11) is 1.67. The van der Waals surface area contributed by atoms with E-state index in [0.29, 0.717) is 6.61 Å². The highest BCUT2D eigenvalue weighted by molar-refractivity contribution is 5.97. The lowest BCUT2D eigenvalue weighted by atomic mass is 9.93. The van der Waals surface area contributed by atoms with Gasteiger partial charge >= 0.3 is 0 Å². The fraction of sp³-hybridized carbons (Fsp3) is 0.458. The van der Waals surface area contributed by atoms with Crippen molar-refractivity contribution in [3.63, 3.8) is 0 Å². The highest BCUT2D eigenvalue weighted by Gasteiger charge is 2.59. The quantitative estimate of drug-likeness (QED) is 0.773. The Morgan fingerprint density at radius 2 is 1.72 bits per heavy atom. The van der Waals surface area contributed by atoms with Crippen molar-refractivity contribution in [2.45, 2.75) is 51.3 Å². The van der Waals surface area contributed by atoms with Crippen molar-refractivity contribution in [3.8, 4) is 11.5 Å². The summed E-state index contributed by atoms with van der Waals surface area (Å²) in [5, 5.41) is 12.2. The van der Waals surface area contributed by atoms with E-state index in [1.807, 2.05) is 55.5 Å². The first kappa shape index (κ1) is 19.8. The van der Waals surface area contributed by atoms with E-state index < -0.39 is 5.72 Å². The molecule has 154 valence electrons. The molecule has 1 N–H and O–H groups in total. The third-order valence-electron chi connectivity index (χ3n) is 6.20. The Hall–Kier alpha value is -2.53. The minimum atomic E-state index is -1.15. The van der Waals surface area contributed by atoms with Gasteiger partial charge in [-0.05, 0) is 81.6 Å². The van der Waals surface area contributed by atoms with E-state index in [2.05, 4.69) is 16.4 Å². The van der Waals surface area contributed by atoms with Gasteiger partial charge in [-0.25, -0.2) is 0 Å². The van der Waals surface area contributed by atoms with Gasteiger partial charge in [0.1, 0.15) is 17.2 Å². The van der Waals surface area contributed by atoms with Gasteiger partial charge < -0.3 is 14.6 Å². The number of benzene rings is 2. The second-order valence-electron chi connectivity index (χ2n) is 7.81. The molecule has 5 heteroatoms. The lowest BCUT2D eigenvalue weighted by molar-refractivity contribution is -0.571. The standard InChI is InChI=1S/C24H31N2O3/c1-4-29-22-13-9-19(10-14-22)24(27)18(2)25-17-7-5-6-8-23(25)26(24)20-11-15-21(28-3)16-12-20/h9-16,18,27H,4-8,17H2,1-3H3/q+1/t18-,24-/m1/s1. The van der Waals surface area contributed by atoms with Crippen LogP contribution in [0.25, 0.3) is 0 Å². The van der Waals surface area contributed by atoms with Gasteiger partial charge in [0, 0.05) is 12.0 Å². The van der Waals surface area contributed by atoms with Crippen LogP contribution in [-0.2, 0) is 5.72 Å². The summed E-state index contributed by atoms with van der Waals surface area (Å²) in [5.74, 6) is 2.84. The molecule has 0 bridgehead atoms. The van der Waals surface area contributed by atoms with Crippen LogP contribution in [0.2, 0.25) is 0 Å². The first-order chi connectivity index (χ1) is 14.1. The zero-order valence-electron chi connectivity index (χ0n) is 17.6. The molecule has 0 amide bonds. The van der Waals surface area contributed by atoms with Gasteiger partial charge in [0.05, 0.1) is 20.3 Å². The predicted molar refractivity (Wildman–Crippen MR) is 115 cm³/mol. The van der Waals surface area contributed by atoms with Crippen LogP contribution < -0.4 is 14.4 Å². The van der Waals surface area contributed by atoms with E-state index in [-0.39, 0.29) is 6.04 Å². The molecule has 0 spiro atoms. The number of hydrogen-bond donors (Lipinski definition) is 1. The van der Waals surface area contributed by atoms with E-state index in [1.165, 1.54) is 12.3 Å². The Morgan fingerprint density at radius 1 is 1.03 bits per heavy atom. The highest BCUT2D eigenvalue weighted by Crippen LogP contribution is 2.42. The number of ether oxygens (including phenoxy) is 2. The number of anilines is 1. The van der Waals surface area contributed by atoms with Crippen molar-refractivity contribution in [1.82, 2.24) is 0 Å². The van der Waals surface area contributed by atoms with Gasteiger partial charge in [-0.2, -0.15) is 4.90 Å². The molecule has 2 heterocycles. The summed E-state index contributed by atoms with van der Waals surface area (Å²) < 4.78 is 13.3. The van der Waals surface area contributed by atoms with Crippen molar-refractivity contribution in [1.29, 1.82) is 0 Å². The van der Waals surface area contributed by atoms with Crippen molar-refractivity contribution < 1.29 is 19.2 Å². The predicted octanol–water partition coefficient (Wildman–Crippen LogP) is 4.13. The van der Waals surface area contributed by atoms with Crippen LogP contribution in [0.5, 0.6) is 11.5 Å². The van der Waals surface area contributed by atoms with Crippen LogP contribution in [0.4, 0.5) is 5.69 Å². The monoisotopic (exact) mass is 395 g/mol. The normalized spacial score (nSPS) is 24.3. The molecule has 0 saturated carbocycles. The molecule has 2 aliphatic rings. The third-order valence-corrected chi connectivity index (χ3v) is 6.20. The van der Waals surface area contributed by atoms with Crippen LogP contribution in [-0.4, -0.2) is 41.8 Å². The number of hydrogen-bond acceptors (Lipinski definition) is 4. The first-order valence-corrected chi connectivity index (χ1v) is 10.6. The zero-order chi connectivity index (χ0) is 20.4. The smallest absolute Gasteiger partial charge is 0.278 e. The molecule has 2 aliphatic heterocycles. The van der Waals surface area contributed by atoms with E-state index in [9.17, 15) is 5.11 Å². The van der Waals surface area contributed by atoms with Gasteiger partial charge in [0.2, 0.25) is 0 Å². The van der Waals surface area contributed by atoms with Gasteiger partial charge in [-0.1, -0.05) is 0 Å². The number of aliphatic hydroxyl groups is 1. The van der Waals surface area contributed by atoms with Gasteiger partial charge in [-0.3, -0.25) is 4.58 Å². The number of rotatable bonds is 5. The Kier molecular flexibility index (Phi) is 5.50. The van der Waals surface area contributed by atoms with Crippen LogP contribution >= 0.6 is 0 Å².